The first kappa shape index (κ1) is 13.2. The zero-order valence-corrected chi connectivity index (χ0v) is 9.24. The van der Waals surface area contributed by atoms with Crippen LogP contribution >= 0.6 is 0 Å². The van der Waals surface area contributed by atoms with Crippen LogP contribution in [0, 0.1) is 0 Å². The van der Waals surface area contributed by atoms with Crippen LogP contribution in [0.1, 0.15) is 51.9 Å². The summed E-state index contributed by atoms with van der Waals surface area (Å²) >= 11 is 0. The van der Waals surface area contributed by atoms with Gasteiger partial charge in [-0.1, -0.05) is 38.0 Å². The van der Waals surface area contributed by atoms with Crippen molar-refractivity contribution in [3.63, 3.8) is 0 Å². The summed E-state index contributed by atoms with van der Waals surface area (Å²) in [6, 6.07) is 0. The third-order valence-electron chi connectivity index (χ3n) is 2.11. The van der Waals surface area contributed by atoms with E-state index in [1.807, 2.05) is 6.08 Å². The first-order chi connectivity index (χ1) is 6.91. The van der Waals surface area contributed by atoms with E-state index in [0.717, 1.165) is 19.1 Å². The van der Waals surface area contributed by atoms with Crippen LogP contribution in [0.25, 0.3) is 0 Å². The molecule has 0 aliphatic rings. The van der Waals surface area contributed by atoms with Crippen molar-refractivity contribution in [3.05, 3.63) is 24.3 Å². The van der Waals surface area contributed by atoms with Gasteiger partial charge >= 0.3 is 0 Å². The van der Waals surface area contributed by atoms with Crippen molar-refractivity contribution in [2.45, 2.75) is 51.9 Å². The Balaban J connectivity index is 3.02. The third kappa shape index (κ3) is 11.2. The lowest BCUT2D eigenvalue weighted by Gasteiger charge is -1.96. The summed E-state index contributed by atoms with van der Waals surface area (Å²) in [6.45, 7) is 2.16. The molecule has 0 aliphatic carbocycles. The Labute approximate surface area is 87.9 Å². The van der Waals surface area contributed by atoms with Crippen molar-refractivity contribution >= 4 is 6.29 Å². The van der Waals surface area contributed by atoms with Gasteiger partial charge in [0, 0.05) is 0 Å². The van der Waals surface area contributed by atoms with Crippen LogP contribution in [-0.4, -0.2) is 6.29 Å². The molecule has 0 fully saturated rings. The molecule has 0 saturated heterocycles. The van der Waals surface area contributed by atoms with E-state index in [1.54, 1.807) is 6.08 Å². The van der Waals surface area contributed by atoms with Gasteiger partial charge in [-0.2, -0.15) is 0 Å². The van der Waals surface area contributed by atoms with E-state index in [4.69, 9.17) is 0 Å². The monoisotopic (exact) mass is 194 g/mol. The second-order valence-corrected chi connectivity index (χ2v) is 3.44. The van der Waals surface area contributed by atoms with Gasteiger partial charge in [0.15, 0.2) is 0 Å². The van der Waals surface area contributed by atoms with Crippen LogP contribution in [0.5, 0.6) is 0 Å². The predicted octanol–water partition coefficient (Wildman–Crippen LogP) is 4.05. The maximum atomic E-state index is 9.95. The van der Waals surface area contributed by atoms with Crippen molar-refractivity contribution in [3.8, 4) is 0 Å². The normalized spacial score (nSPS) is 11.5. The second-order valence-electron chi connectivity index (χ2n) is 3.44. The molecule has 1 nitrogen and oxygen atoms in total. The summed E-state index contributed by atoms with van der Waals surface area (Å²) in [5, 5.41) is 0. The van der Waals surface area contributed by atoms with Gasteiger partial charge in [0.1, 0.15) is 6.29 Å². The van der Waals surface area contributed by atoms with Gasteiger partial charge in [-0.05, 0) is 38.2 Å². The summed E-state index contributed by atoms with van der Waals surface area (Å²) < 4.78 is 0. The number of allylic oxidation sites excluding steroid dienone is 4. The Morgan fingerprint density at radius 3 is 2.07 bits per heavy atom. The lowest BCUT2D eigenvalue weighted by atomic mass is 10.1. The van der Waals surface area contributed by atoms with Gasteiger partial charge < -0.3 is 0 Å². The molecular weight excluding hydrogens is 172 g/mol. The molecule has 0 atom stereocenters. The Morgan fingerprint density at radius 2 is 1.50 bits per heavy atom. The molecule has 0 heterocycles. The van der Waals surface area contributed by atoms with E-state index in [0.29, 0.717) is 0 Å². The highest BCUT2D eigenvalue weighted by atomic mass is 16.1. The average Bonchev–Trinajstić information content (AvgIpc) is 2.21. The summed E-state index contributed by atoms with van der Waals surface area (Å²) in [7, 11) is 0. The molecule has 0 aliphatic heterocycles. The standard InChI is InChI=1S/C13H22O/c1-2-3-4-5-6-7-8-9-10-11-12-13-14/h3-4,11-13H,2,5-10H2,1H3. The van der Waals surface area contributed by atoms with Crippen LogP contribution in [0.3, 0.4) is 0 Å². The predicted molar refractivity (Wildman–Crippen MR) is 62.3 cm³/mol. The van der Waals surface area contributed by atoms with Crippen molar-refractivity contribution in [1.82, 2.24) is 0 Å². The Hall–Kier alpha value is -0.850. The number of aldehydes is 1. The number of unbranched alkanes of at least 4 members (excludes halogenated alkanes) is 5. The van der Waals surface area contributed by atoms with Crippen molar-refractivity contribution in [1.29, 1.82) is 0 Å². The molecule has 14 heavy (non-hydrogen) atoms. The molecule has 0 aromatic carbocycles. The van der Waals surface area contributed by atoms with Gasteiger partial charge in [0.25, 0.3) is 0 Å². The molecular formula is C13H22O. The van der Waals surface area contributed by atoms with Gasteiger partial charge in [-0.25, -0.2) is 0 Å². The largest absolute Gasteiger partial charge is 0.299 e. The highest BCUT2D eigenvalue weighted by Gasteiger charge is 1.86. The van der Waals surface area contributed by atoms with Crippen LogP contribution in [0.4, 0.5) is 0 Å². The molecule has 0 saturated carbocycles. The fourth-order valence-corrected chi connectivity index (χ4v) is 1.31. The minimum atomic E-state index is 0.843. The summed E-state index contributed by atoms with van der Waals surface area (Å²) in [5.74, 6) is 0. The highest BCUT2D eigenvalue weighted by Crippen LogP contribution is 2.06. The highest BCUT2D eigenvalue weighted by molar-refractivity contribution is 5.64. The summed E-state index contributed by atoms with van der Waals surface area (Å²) in [5.41, 5.74) is 0. The van der Waals surface area contributed by atoms with Crippen molar-refractivity contribution < 1.29 is 4.79 Å². The van der Waals surface area contributed by atoms with E-state index in [2.05, 4.69) is 19.1 Å². The van der Waals surface area contributed by atoms with Crippen LogP contribution in [-0.2, 0) is 4.79 Å². The maximum Gasteiger partial charge on any atom is 0.142 e. The number of rotatable bonds is 9. The molecule has 0 bridgehead atoms. The van der Waals surface area contributed by atoms with E-state index >= 15 is 0 Å². The molecule has 0 spiro atoms. The molecule has 0 aromatic rings. The fraction of sp³-hybridized carbons (Fsp3) is 0.615. The number of carbonyl (C=O) groups is 1. The lowest BCUT2D eigenvalue weighted by molar-refractivity contribution is -0.104. The van der Waals surface area contributed by atoms with Gasteiger partial charge in [0.2, 0.25) is 0 Å². The quantitative estimate of drug-likeness (QED) is 0.234. The van der Waals surface area contributed by atoms with Gasteiger partial charge in [0.05, 0.1) is 0 Å². The molecule has 0 aromatic heterocycles. The van der Waals surface area contributed by atoms with E-state index in [1.165, 1.54) is 32.1 Å². The SMILES string of the molecule is CCC=CCCCCCCC=CC=O. The molecule has 1 heteroatoms. The molecule has 0 unspecified atom stereocenters. The fourth-order valence-electron chi connectivity index (χ4n) is 1.31. The first-order valence-corrected chi connectivity index (χ1v) is 5.67. The Bertz CT molecular complexity index is 168. The zero-order valence-electron chi connectivity index (χ0n) is 9.24. The smallest absolute Gasteiger partial charge is 0.142 e. The summed E-state index contributed by atoms with van der Waals surface area (Å²) in [4.78, 5) is 9.95. The van der Waals surface area contributed by atoms with E-state index < -0.39 is 0 Å². The van der Waals surface area contributed by atoms with Crippen LogP contribution in [0.15, 0.2) is 24.3 Å². The van der Waals surface area contributed by atoms with Gasteiger partial charge in [-0.15, -0.1) is 0 Å². The third-order valence-corrected chi connectivity index (χ3v) is 2.11. The summed E-state index contributed by atoms with van der Waals surface area (Å²) in [6.07, 6.45) is 17.4. The van der Waals surface area contributed by atoms with Crippen LogP contribution < -0.4 is 0 Å². The molecule has 0 rings (SSSR count). The van der Waals surface area contributed by atoms with E-state index in [9.17, 15) is 4.79 Å². The van der Waals surface area contributed by atoms with Crippen molar-refractivity contribution in [2.24, 2.45) is 0 Å². The minimum absolute atomic E-state index is 0.843. The Kier molecular flexibility index (Phi) is 11.4. The zero-order chi connectivity index (χ0) is 10.5. The van der Waals surface area contributed by atoms with Gasteiger partial charge in [-0.3, -0.25) is 4.79 Å². The van der Waals surface area contributed by atoms with Crippen LogP contribution in [0.2, 0.25) is 0 Å². The Morgan fingerprint density at radius 1 is 0.857 bits per heavy atom. The maximum absolute atomic E-state index is 9.95. The minimum Gasteiger partial charge on any atom is -0.299 e. The second kappa shape index (κ2) is 12.2. The number of hydrogen-bond acceptors (Lipinski definition) is 1. The molecule has 0 amide bonds. The first-order valence-electron chi connectivity index (χ1n) is 5.67. The van der Waals surface area contributed by atoms with E-state index in [-0.39, 0.29) is 0 Å². The molecule has 0 radical (unpaired) electrons. The number of hydrogen-bond donors (Lipinski definition) is 0. The average molecular weight is 194 g/mol. The lowest BCUT2D eigenvalue weighted by Crippen LogP contribution is -1.76. The van der Waals surface area contributed by atoms with Crippen molar-refractivity contribution in [2.75, 3.05) is 0 Å². The molecule has 80 valence electrons. The molecule has 0 N–H and O–H groups in total. The number of carbonyl (C=O) groups excluding carboxylic acids is 1. The topological polar surface area (TPSA) is 17.1 Å².